The summed E-state index contributed by atoms with van der Waals surface area (Å²) in [5.74, 6) is 1.08. The van der Waals surface area contributed by atoms with Crippen LogP contribution in [0.4, 0.5) is 0 Å². The van der Waals surface area contributed by atoms with Crippen molar-refractivity contribution in [3.63, 3.8) is 0 Å². The molecule has 1 fully saturated rings. The number of nitrogens with one attached hydrogen (secondary N) is 2. The molecule has 1 unspecified atom stereocenters. The Morgan fingerprint density at radius 1 is 0.732 bits per heavy atom. The first-order valence-electron chi connectivity index (χ1n) is 15.2. The Hall–Kier alpha value is -3.21. The lowest BCUT2D eigenvalue weighted by Gasteiger charge is -2.40. The Balaban J connectivity index is 1.73. The number of aromatic nitrogens is 2. The van der Waals surface area contributed by atoms with Gasteiger partial charge in [0.15, 0.2) is 0 Å². The topological polar surface area (TPSA) is 44.0 Å². The number of H-pyrrole nitrogens is 1. The van der Waals surface area contributed by atoms with Gasteiger partial charge in [-0.1, -0.05) is 120 Å². The van der Waals surface area contributed by atoms with Crippen molar-refractivity contribution in [3.05, 3.63) is 112 Å². The fourth-order valence-corrected chi connectivity index (χ4v) is 6.07. The van der Waals surface area contributed by atoms with Gasteiger partial charge in [0.1, 0.15) is 5.82 Å². The average Bonchev–Trinajstić information content (AvgIpc) is 3.32. The normalized spacial score (nSPS) is 15.8. The van der Waals surface area contributed by atoms with E-state index in [1.807, 2.05) is 0 Å². The fraction of sp³-hybridized carbons (Fsp3) is 0.432. The number of hydrogen-bond acceptors (Lipinski definition) is 3. The number of imidazole rings is 1. The van der Waals surface area contributed by atoms with Gasteiger partial charge in [0.05, 0.1) is 11.7 Å². The van der Waals surface area contributed by atoms with Crippen molar-refractivity contribution in [2.75, 3.05) is 26.2 Å². The monoisotopic (exact) mass is 548 g/mol. The molecule has 216 valence electrons. The summed E-state index contributed by atoms with van der Waals surface area (Å²) in [5, 5.41) is 3.58. The smallest absolute Gasteiger partial charge is 0.137 e. The van der Waals surface area contributed by atoms with Crippen LogP contribution in [0.5, 0.6) is 0 Å². The van der Waals surface area contributed by atoms with E-state index >= 15 is 0 Å². The number of benzene rings is 3. The van der Waals surface area contributed by atoms with Crippen molar-refractivity contribution >= 4 is 0 Å². The first kappa shape index (κ1) is 29.3. The molecule has 5 rings (SSSR count). The van der Waals surface area contributed by atoms with Crippen LogP contribution in [0.3, 0.4) is 0 Å². The van der Waals surface area contributed by atoms with E-state index in [1.165, 1.54) is 27.8 Å². The van der Waals surface area contributed by atoms with Crippen molar-refractivity contribution in [1.82, 2.24) is 20.2 Å². The van der Waals surface area contributed by atoms with E-state index in [0.717, 1.165) is 49.0 Å². The average molecular weight is 549 g/mol. The van der Waals surface area contributed by atoms with Crippen LogP contribution in [0, 0.1) is 13.8 Å². The van der Waals surface area contributed by atoms with Gasteiger partial charge in [0.2, 0.25) is 0 Å². The molecule has 2 heterocycles. The van der Waals surface area contributed by atoms with Crippen molar-refractivity contribution in [2.45, 2.75) is 78.2 Å². The van der Waals surface area contributed by atoms with Gasteiger partial charge in [-0.15, -0.1) is 0 Å². The predicted molar refractivity (Wildman–Crippen MR) is 173 cm³/mol. The van der Waals surface area contributed by atoms with Gasteiger partial charge in [-0.25, -0.2) is 4.98 Å². The van der Waals surface area contributed by atoms with Crippen LogP contribution in [-0.4, -0.2) is 41.0 Å². The highest BCUT2D eigenvalue weighted by Crippen LogP contribution is 2.44. The molecule has 1 atom stereocenters. The molecule has 4 nitrogen and oxygen atoms in total. The summed E-state index contributed by atoms with van der Waals surface area (Å²) in [4.78, 5) is 11.7. The molecule has 1 aliphatic rings. The van der Waals surface area contributed by atoms with Crippen LogP contribution in [0.15, 0.2) is 72.8 Å². The lowest BCUT2D eigenvalue weighted by atomic mass is 9.77. The second-order valence-corrected chi connectivity index (χ2v) is 13.9. The maximum absolute atomic E-state index is 5.38. The zero-order chi connectivity index (χ0) is 29.4. The molecule has 1 aromatic heterocycles. The first-order chi connectivity index (χ1) is 19.4. The molecule has 41 heavy (non-hydrogen) atoms. The molecular weight excluding hydrogens is 500 g/mol. The van der Waals surface area contributed by atoms with Crippen LogP contribution in [0.25, 0.3) is 11.4 Å². The Morgan fingerprint density at radius 2 is 1.27 bits per heavy atom. The van der Waals surface area contributed by atoms with E-state index in [-0.39, 0.29) is 22.8 Å². The molecule has 0 bridgehead atoms. The molecule has 1 saturated heterocycles. The number of piperazine rings is 1. The van der Waals surface area contributed by atoms with Crippen LogP contribution >= 0.6 is 0 Å². The molecule has 0 amide bonds. The summed E-state index contributed by atoms with van der Waals surface area (Å²) in [6.07, 6.45) is 0. The predicted octanol–water partition coefficient (Wildman–Crippen LogP) is 8.07. The molecule has 0 aliphatic carbocycles. The summed E-state index contributed by atoms with van der Waals surface area (Å²) >= 11 is 0. The summed E-state index contributed by atoms with van der Waals surface area (Å²) in [7, 11) is 0. The zero-order valence-electron chi connectivity index (χ0n) is 26.3. The van der Waals surface area contributed by atoms with E-state index < -0.39 is 0 Å². The quantitative estimate of drug-likeness (QED) is 0.256. The fourth-order valence-electron chi connectivity index (χ4n) is 6.07. The van der Waals surface area contributed by atoms with Gasteiger partial charge < -0.3 is 10.3 Å². The van der Waals surface area contributed by atoms with E-state index in [2.05, 4.69) is 143 Å². The van der Waals surface area contributed by atoms with Crippen LogP contribution in [0.1, 0.15) is 92.7 Å². The van der Waals surface area contributed by atoms with Gasteiger partial charge >= 0.3 is 0 Å². The zero-order valence-corrected chi connectivity index (χ0v) is 26.3. The summed E-state index contributed by atoms with van der Waals surface area (Å²) < 4.78 is 0. The lowest BCUT2D eigenvalue weighted by molar-refractivity contribution is 0.156. The summed E-state index contributed by atoms with van der Waals surface area (Å²) in [6, 6.07) is 27.4. The molecule has 3 aromatic carbocycles. The molecule has 0 spiro atoms. The Bertz CT molecular complexity index is 1400. The number of aromatic amines is 1. The minimum absolute atomic E-state index is 0.0687. The van der Waals surface area contributed by atoms with Crippen molar-refractivity contribution in [1.29, 1.82) is 0 Å². The number of hydrogen-bond donors (Lipinski definition) is 2. The highest BCUT2D eigenvalue weighted by Gasteiger charge is 2.36. The first-order valence-corrected chi connectivity index (χ1v) is 15.2. The summed E-state index contributed by atoms with van der Waals surface area (Å²) in [5.41, 5.74) is 10.3. The van der Waals surface area contributed by atoms with Gasteiger partial charge in [-0.2, -0.15) is 0 Å². The Kier molecular flexibility index (Phi) is 8.27. The molecule has 2 N–H and O–H groups in total. The maximum Gasteiger partial charge on any atom is 0.137 e. The molecule has 4 aromatic rings. The van der Waals surface area contributed by atoms with E-state index in [1.54, 1.807) is 0 Å². The van der Waals surface area contributed by atoms with Crippen molar-refractivity contribution < 1.29 is 0 Å². The van der Waals surface area contributed by atoms with Gasteiger partial charge in [-0.3, -0.25) is 4.90 Å². The maximum atomic E-state index is 5.38. The molecule has 4 heteroatoms. The van der Waals surface area contributed by atoms with Gasteiger partial charge in [0.25, 0.3) is 0 Å². The second-order valence-electron chi connectivity index (χ2n) is 13.9. The van der Waals surface area contributed by atoms with E-state index in [4.69, 9.17) is 4.98 Å². The highest BCUT2D eigenvalue weighted by atomic mass is 15.2. The largest absolute Gasteiger partial charge is 0.342 e. The summed E-state index contributed by atoms with van der Waals surface area (Å²) in [6.45, 7) is 22.1. The van der Waals surface area contributed by atoms with Gasteiger partial charge in [-0.05, 0) is 46.9 Å². The third kappa shape index (κ3) is 6.50. The van der Waals surface area contributed by atoms with Crippen LogP contribution in [0.2, 0.25) is 0 Å². The lowest BCUT2D eigenvalue weighted by Crippen LogP contribution is -2.47. The molecule has 0 saturated carbocycles. The molecular formula is C37H48N4. The Morgan fingerprint density at radius 3 is 1.78 bits per heavy atom. The Labute approximate surface area is 247 Å². The third-order valence-electron chi connectivity index (χ3n) is 8.61. The van der Waals surface area contributed by atoms with E-state index in [9.17, 15) is 0 Å². The van der Waals surface area contributed by atoms with Gasteiger partial charge in [0, 0.05) is 43.4 Å². The van der Waals surface area contributed by atoms with E-state index in [0.29, 0.717) is 0 Å². The number of nitrogens with zero attached hydrogens (tertiary/aromatic N) is 2. The van der Waals surface area contributed by atoms with Crippen molar-refractivity contribution in [2.24, 2.45) is 0 Å². The standard InChI is InChI=1S/C37H48N4/c1-25-15-17-27(18-16-25)35-39-26(2)33(40-35)34(41-21-19-38-20-22-41)32(28-11-9-13-30(23-28)36(3,4)5)29-12-10-14-31(24-29)37(6,7)8/h9-18,23-24,32,34,38H,19-22H2,1-8H3,(H,39,40). The number of aryl methyl sites for hydroxylation is 2. The van der Waals surface area contributed by atoms with Crippen LogP contribution < -0.4 is 5.32 Å². The molecule has 1 aliphatic heterocycles. The molecule has 0 radical (unpaired) electrons. The minimum Gasteiger partial charge on any atom is -0.342 e. The SMILES string of the molecule is Cc1ccc(-c2nc(C(C(c3cccc(C(C)(C)C)c3)c3cccc(C(C)(C)C)c3)N3CCNCC3)c(C)[nH]2)cc1. The third-order valence-corrected chi connectivity index (χ3v) is 8.61. The number of rotatable bonds is 6. The second kappa shape index (κ2) is 11.6. The van der Waals surface area contributed by atoms with Crippen molar-refractivity contribution in [3.8, 4) is 11.4 Å². The minimum atomic E-state index is 0.0687. The highest BCUT2D eigenvalue weighted by molar-refractivity contribution is 5.57. The van der Waals surface area contributed by atoms with Crippen LogP contribution in [-0.2, 0) is 10.8 Å².